The minimum absolute atomic E-state index is 0.106. The van der Waals surface area contributed by atoms with Crippen LogP contribution in [0.25, 0.3) is 0 Å². The van der Waals surface area contributed by atoms with Crippen LogP contribution in [0.15, 0.2) is 0 Å². The molecular weight excluding hydrogens is 290 g/mol. The fourth-order valence-electron chi connectivity index (χ4n) is 2.99. The highest BCUT2D eigenvalue weighted by molar-refractivity contribution is 7.92. The van der Waals surface area contributed by atoms with Gasteiger partial charge in [0.25, 0.3) is 0 Å². The van der Waals surface area contributed by atoms with Gasteiger partial charge >= 0.3 is 0 Å². The van der Waals surface area contributed by atoms with E-state index in [-0.39, 0.29) is 11.3 Å². The molecule has 0 saturated carbocycles. The molecule has 1 saturated heterocycles. The average Bonchev–Trinajstić information content (AvgIpc) is 2.34. The Morgan fingerprint density at radius 1 is 1.29 bits per heavy atom. The van der Waals surface area contributed by atoms with E-state index in [2.05, 4.69) is 29.4 Å². The number of hydrogen-bond acceptors (Lipinski definition) is 5. The van der Waals surface area contributed by atoms with Crippen molar-refractivity contribution in [1.82, 2.24) is 15.5 Å². The van der Waals surface area contributed by atoms with E-state index in [9.17, 15) is 13.2 Å². The van der Waals surface area contributed by atoms with E-state index in [4.69, 9.17) is 0 Å². The van der Waals surface area contributed by atoms with Crippen LogP contribution in [0.5, 0.6) is 0 Å². The third kappa shape index (κ3) is 4.66. The molecule has 2 N–H and O–H groups in total. The standard InChI is InChI=1S/C14H29N3O3S/c1-13(2,11-17(3)4)10-16-12(18)14(21(5,19)20)6-8-15-9-7-14/h15H,6-11H2,1-5H3,(H,16,18). The second kappa shape index (κ2) is 6.62. The highest BCUT2D eigenvalue weighted by atomic mass is 32.2. The van der Waals surface area contributed by atoms with Crippen LogP contribution in [0.1, 0.15) is 26.7 Å². The maximum atomic E-state index is 12.6. The van der Waals surface area contributed by atoms with Crippen molar-refractivity contribution in [3.63, 3.8) is 0 Å². The number of nitrogens with zero attached hydrogens (tertiary/aromatic N) is 1. The van der Waals surface area contributed by atoms with Crippen molar-refractivity contribution in [2.45, 2.75) is 31.4 Å². The summed E-state index contributed by atoms with van der Waals surface area (Å²) in [6.45, 7) is 6.52. The molecule has 124 valence electrons. The highest BCUT2D eigenvalue weighted by Crippen LogP contribution is 2.28. The van der Waals surface area contributed by atoms with E-state index in [1.807, 2.05) is 14.1 Å². The molecule has 0 spiro atoms. The van der Waals surface area contributed by atoms with Gasteiger partial charge in [-0.15, -0.1) is 0 Å². The van der Waals surface area contributed by atoms with Gasteiger partial charge in [-0.25, -0.2) is 8.42 Å². The summed E-state index contributed by atoms with van der Waals surface area (Å²) in [5, 5.41) is 5.99. The number of piperidine rings is 1. The molecule has 1 amide bonds. The molecule has 0 aromatic rings. The molecule has 0 atom stereocenters. The van der Waals surface area contributed by atoms with Gasteiger partial charge < -0.3 is 15.5 Å². The largest absolute Gasteiger partial charge is 0.354 e. The highest BCUT2D eigenvalue weighted by Gasteiger charge is 2.48. The Morgan fingerprint density at radius 2 is 1.81 bits per heavy atom. The van der Waals surface area contributed by atoms with Crippen molar-refractivity contribution in [2.75, 3.05) is 46.5 Å². The Morgan fingerprint density at radius 3 is 2.24 bits per heavy atom. The lowest BCUT2D eigenvalue weighted by Gasteiger charge is -2.36. The van der Waals surface area contributed by atoms with Crippen LogP contribution >= 0.6 is 0 Å². The predicted molar refractivity (Wildman–Crippen MR) is 85.0 cm³/mol. The second-order valence-electron chi connectivity index (χ2n) is 7.10. The molecular formula is C14H29N3O3S. The van der Waals surface area contributed by atoms with Crippen molar-refractivity contribution in [2.24, 2.45) is 5.41 Å². The third-order valence-corrected chi connectivity index (χ3v) is 6.02. The van der Waals surface area contributed by atoms with Gasteiger partial charge in [0.1, 0.15) is 0 Å². The van der Waals surface area contributed by atoms with Gasteiger partial charge in [0.2, 0.25) is 5.91 Å². The van der Waals surface area contributed by atoms with E-state index in [0.717, 1.165) is 6.54 Å². The monoisotopic (exact) mass is 319 g/mol. The first-order chi connectivity index (χ1) is 9.50. The Bertz CT molecular complexity index is 466. The lowest BCUT2D eigenvalue weighted by atomic mass is 9.91. The molecule has 0 aromatic carbocycles. The van der Waals surface area contributed by atoms with Crippen LogP contribution < -0.4 is 10.6 Å². The minimum atomic E-state index is -3.44. The van der Waals surface area contributed by atoms with Gasteiger partial charge in [0.05, 0.1) is 0 Å². The predicted octanol–water partition coefficient (Wildman–Crippen LogP) is -0.143. The van der Waals surface area contributed by atoms with Gasteiger partial charge in [-0.2, -0.15) is 0 Å². The first-order valence-corrected chi connectivity index (χ1v) is 9.23. The summed E-state index contributed by atoms with van der Waals surface area (Å²) in [6.07, 6.45) is 1.85. The lowest BCUT2D eigenvalue weighted by molar-refractivity contribution is -0.124. The van der Waals surface area contributed by atoms with Crippen LogP contribution in [0.2, 0.25) is 0 Å². The summed E-state index contributed by atoms with van der Waals surface area (Å²) < 4.78 is 23.0. The third-order valence-electron chi connectivity index (χ3n) is 4.01. The van der Waals surface area contributed by atoms with E-state index in [1.54, 1.807) is 0 Å². The molecule has 0 bridgehead atoms. The summed E-state index contributed by atoms with van der Waals surface area (Å²) in [4.78, 5) is 14.6. The van der Waals surface area contributed by atoms with Crippen molar-refractivity contribution in [1.29, 1.82) is 0 Å². The quantitative estimate of drug-likeness (QED) is 0.712. The molecule has 21 heavy (non-hydrogen) atoms. The van der Waals surface area contributed by atoms with Crippen molar-refractivity contribution in [3.05, 3.63) is 0 Å². The second-order valence-corrected chi connectivity index (χ2v) is 9.43. The Labute approximate surface area is 128 Å². The zero-order valence-corrected chi connectivity index (χ0v) is 14.6. The summed E-state index contributed by atoms with van der Waals surface area (Å²) in [5.74, 6) is -0.349. The van der Waals surface area contributed by atoms with E-state index in [1.165, 1.54) is 6.26 Å². The number of hydrogen-bond donors (Lipinski definition) is 2. The van der Waals surface area contributed by atoms with Gasteiger partial charge in [0.15, 0.2) is 14.6 Å². The molecule has 1 aliphatic heterocycles. The molecule has 1 heterocycles. The van der Waals surface area contributed by atoms with Gasteiger partial charge in [-0.1, -0.05) is 13.8 Å². The number of sulfone groups is 1. The number of rotatable bonds is 6. The van der Waals surface area contributed by atoms with Crippen LogP contribution in [-0.4, -0.2) is 70.5 Å². The van der Waals surface area contributed by atoms with Crippen molar-refractivity contribution < 1.29 is 13.2 Å². The summed E-state index contributed by atoms with van der Waals surface area (Å²) in [6, 6.07) is 0. The maximum Gasteiger partial charge on any atom is 0.241 e. The van der Waals surface area contributed by atoms with Gasteiger partial charge in [-0.3, -0.25) is 4.79 Å². The number of carbonyl (C=O) groups excluding carboxylic acids is 1. The molecule has 0 unspecified atom stereocenters. The zero-order chi connectivity index (χ0) is 16.3. The maximum absolute atomic E-state index is 12.6. The van der Waals surface area contributed by atoms with Gasteiger partial charge in [0, 0.05) is 19.3 Å². The summed E-state index contributed by atoms with van der Waals surface area (Å²) in [7, 11) is 0.521. The Kier molecular flexibility index (Phi) is 5.80. The molecule has 6 nitrogen and oxygen atoms in total. The first-order valence-electron chi connectivity index (χ1n) is 7.34. The zero-order valence-electron chi connectivity index (χ0n) is 13.8. The average molecular weight is 319 g/mol. The van der Waals surface area contributed by atoms with E-state index < -0.39 is 14.6 Å². The molecule has 0 aliphatic carbocycles. The normalized spacial score (nSPS) is 19.5. The minimum Gasteiger partial charge on any atom is -0.354 e. The molecule has 1 fully saturated rings. The van der Waals surface area contributed by atoms with Gasteiger partial charge in [-0.05, 0) is 45.4 Å². The molecule has 0 aromatic heterocycles. The van der Waals surface area contributed by atoms with Crippen LogP contribution in [0, 0.1) is 5.41 Å². The van der Waals surface area contributed by atoms with Crippen LogP contribution in [0.3, 0.4) is 0 Å². The Balaban J connectivity index is 2.80. The summed E-state index contributed by atoms with van der Waals surface area (Å²) in [5.41, 5.74) is -0.106. The lowest BCUT2D eigenvalue weighted by Crippen LogP contribution is -2.58. The number of nitrogens with one attached hydrogen (secondary N) is 2. The Hall–Kier alpha value is -0.660. The fraction of sp³-hybridized carbons (Fsp3) is 0.929. The topological polar surface area (TPSA) is 78.5 Å². The molecule has 1 rings (SSSR count). The van der Waals surface area contributed by atoms with E-state index in [0.29, 0.717) is 32.5 Å². The smallest absolute Gasteiger partial charge is 0.241 e. The van der Waals surface area contributed by atoms with Crippen molar-refractivity contribution in [3.8, 4) is 0 Å². The van der Waals surface area contributed by atoms with Crippen molar-refractivity contribution >= 4 is 15.7 Å². The van der Waals surface area contributed by atoms with E-state index >= 15 is 0 Å². The molecule has 7 heteroatoms. The molecule has 1 aliphatic rings. The summed E-state index contributed by atoms with van der Waals surface area (Å²) >= 11 is 0. The van der Waals surface area contributed by atoms with Crippen LogP contribution in [-0.2, 0) is 14.6 Å². The first kappa shape index (κ1) is 18.4. The number of amides is 1. The molecule has 0 radical (unpaired) electrons. The number of carbonyl (C=O) groups is 1. The SMILES string of the molecule is CN(C)CC(C)(C)CNC(=O)C1(S(C)(=O)=O)CCNCC1. The van der Waals surface area contributed by atoms with Crippen LogP contribution in [0.4, 0.5) is 0 Å². The fourth-order valence-corrected chi connectivity index (χ4v) is 4.34.